The first-order chi connectivity index (χ1) is 11.1. The summed E-state index contributed by atoms with van der Waals surface area (Å²) in [7, 11) is 0. The maximum absolute atomic E-state index is 13.8. The first-order valence-electron chi connectivity index (χ1n) is 7.92. The first-order valence-corrected chi connectivity index (χ1v) is 7.92. The lowest BCUT2D eigenvalue weighted by Gasteiger charge is -2.36. The number of piperazine rings is 1. The molecule has 1 amide bonds. The number of carbonyl (C=O) groups is 1. The number of anilines is 1. The van der Waals surface area contributed by atoms with Gasteiger partial charge in [-0.1, -0.05) is 18.2 Å². The van der Waals surface area contributed by atoms with E-state index in [0.717, 1.165) is 13.1 Å². The van der Waals surface area contributed by atoms with E-state index < -0.39 is 5.82 Å². The highest BCUT2D eigenvalue weighted by Gasteiger charge is 2.24. The Morgan fingerprint density at radius 1 is 0.957 bits per heavy atom. The summed E-state index contributed by atoms with van der Waals surface area (Å²) in [5.74, 6) is -0.670. The Morgan fingerprint density at radius 3 is 2.30 bits per heavy atom. The average molecular weight is 312 g/mol. The van der Waals surface area contributed by atoms with Gasteiger partial charge in [0.05, 0.1) is 5.56 Å². The van der Waals surface area contributed by atoms with Crippen molar-refractivity contribution in [2.45, 2.75) is 13.8 Å². The lowest BCUT2D eigenvalue weighted by Crippen LogP contribution is -2.49. The summed E-state index contributed by atoms with van der Waals surface area (Å²) >= 11 is 0. The maximum Gasteiger partial charge on any atom is 0.256 e. The van der Waals surface area contributed by atoms with Gasteiger partial charge in [-0.3, -0.25) is 4.79 Å². The fraction of sp³-hybridized carbons (Fsp3) is 0.316. The second-order valence-electron chi connectivity index (χ2n) is 6.03. The lowest BCUT2D eigenvalue weighted by molar-refractivity contribution is 0.0742. The van der Waals surface area contributed by atoms with Crippen molar-refractivity contribution in [3.63, 3.8) is 0 Å². The van der Waals surface area contributed by atoms with Gasteiger partial charge in [-0.2, -0.15) is 0 Å². The van der Waals surface area contributed by atoms with E-state index in [2.05, 4.69) is 36.9 Å². The summed E-state index contributed by atoms with van der Waals surface area (Å²) in [4.78, 5) is 16.4. The predicted octanol–water partition coefficient (Wildman–Crippen LogP) is 3.40. The molecule has 1 aliphatic rings. The van der Waals surface area contributed by atoms with Crippen LogP contribution in [0.1, 0.15) is 21.5 Å². The number of hydrogen-bond acceptors (Lipinski definition) is 2. The average Bonchev–Trinajstić information content (AvgIpc) is 2.57. The second kappa shape index (κ2) is 6.41. The van der Waals surface area contributed by atoms with Crippen LogP contribution in [-0.4, -0.2) is 37.0 Å². The molecule has 0 aliphatic carbocycles. The molecule has 4 heteroatoms. The fourth-order valence-corrected chi connectivity index (χ4v) is 2.90. The van der Waals surface area contributed by atoms with Crippen molar-refractivity contribution < 1.29 is 9.18 Å². The molecule has 0 atom stereocenters. The fourth-order valence-electron chi connectivity index (χ4n) is 2.90. The minimum Gasteiger partial charge on any atom is -0.368 e. The molecule has 23 heavy (non-hydrogen) atoms. The number of aryl methyl sites for hydroxylation is 2. The van der Waals surface area contributed by atoms with Crippen molar-refractivity contribution in [2.24, 2.45) is 0 Å². The molecule has 0 saturated carbocycles. The van der Waals surface area contributed by atoms with Gasteiger partial charge in [0.2, 0.25) is 0 Å². The Labute approximate surface area is 136 Å². The zero-order valence-electron chi connectivity index (χ0n) is 13.6. The molecule has 2 aromatic rings. The van der Waals surface area contributed by atoms with Gasteiger partial charge in [0.25, 0.3) is 5.91 Å². The number of benzene rings is 2. The van der Waals surface area contributed by atoms with Crippen molar-refractivity contribution >= 4 is 11.6 Å². The molecular formula is C19H21FN2O. The number of amides is 1. The van der Waals surface area contributed by atoms with E-state index in [9.17, 15) is 9.18 Å². The van der Waals surface area contributed by atoms with Crippen molar-refractivity contribution in [1.82, 2.24) is 4.90 Å². The minimum absolute atomic E-state index is 0.159. The SMILES string of the molecule is Cc1ccc(N2CCN(C(=O)c3ccccc3F)CC2)cc1C. The summed E-state index contributed by atoms with van der Waals surface area (Å²) in [6, 6.07) is 12.6. The number of carbonyl (C=O) groups excluding carboxylic acids is 1. The number of hydrogen-bond donors (Lipinski definition) is 0. The predicted molar refractivity (Wildman–Crippen MR) is 90.4 cm³/mol. The summed E-state index contributed by atoms with van der Waals surface area (Å²) in [6.07, 6.45) is 0. The summed E-state index contributed by atoms with van der Waals surface area (Å²) in [5, 5.41) is 0. The van der Waals surface area contributed by atoms with Crippen LogP contribution in [0.15, 0.2) is 42.5 Å². The van der Waals surface area contributed by atoms with Gasteiger partial charge in [0, 0.05) is 31.9 Å². The van der Waals surface area contributed by atoms with Crippen LogP contribution in [0.2, 0.25) is 0 Å². The molecule has 0 spiro atoms. The Bertz CT molecular complexity index is 721. The molecular weight excluding hydrogens is 291 g/mol. The number of halogens is 1. The highest BCUT2D eigenvalue weighted by molar-refractivity contribution is 5.94. The standard InChI is InChI=1S/C19H21FN2O/c1-14-7-8-16(13-15(14)2)21-9-11-22(12-10-21)19(23)17-5-3-4-6-18(17)20/h3-8,13H,9-12H2,1-2H3. The van der Waals surface area contributed by atoms with Crippen LogP contribution in [0.4, 0.5) is 10.1 Å². The van der Waals surface area contributed by atoms with Gasteiger partial charge in [-0.25, -0.2) is 4.39 Å². The van der Waals surface area contributed by atoms with Crippen LogP contribution < -0.4 is 4.90 Å². The Morgan fingerprint density at radius 2 is 1.65 bits per heavy atom. The molecule has 1 aliphatic heterocycles. The minimum atomic E-state index is -0.450. The summed E-state index contributed by atoms with van der Waals surface area (Å²) in [5.41, 5.74) is 3.90. The van der Waals surface area contributed by atoms with Crippen LogP contribution in [0, 0.1) is 19.7 Å². The molecule has 120 valence electrons. The third kappa shape index (κ3) is 3.21. The smallest absolute Gasteiger partial charge is 0.256 e. The highest BCUT2D eigenvalue weighted by Crippen LogP contribution is 2.21. The van der Waals surface area contributed by atoms with Crippen molar-refractivity contribution in [2.75, 3.05) is 31.1 Å². The molecule has 1 fully saturated rings. The van der Waals surface area contributed by atoms with Crippen LogP contribution in [0.3, 0.4) is 0 Å². The van der Waals surface area contributed by atoms with Crippen molar-refractivity contribution in [3.05, 3.63) is 65.0 Å². The third-order valence-electron chi connectivity index (χ3n) is 4.53. The van der Waals surface area contributed by atoms with Gasteiger partial charge >= 0.3 is 0 Å². The Balaban J connectivity index is 1.67. The van der Waals surface area contributed by atoms with E-state index in [1.807, 2.05) is 0 Å². The molecule has 0 N–H and O–H groups in total. The number of rotatable bonds is 2. The molecule has 2 aromatic carbocycles. The monoisotopic (exact) mass is 312 g/mol. The third-order valence-corrected chi connectivity index (χ3v) is 4.53. The van der Waals surface area contributed by atoms with Crippen LogP contribution in [0.5, 0.6) is 0 Å². The largest absolute Gasteiger partial charge is 0.368 e. The van der Waals surface area contributed by atoms with E-state index in [1.54, 1.807) is 23.1 Å². The Kier molecular flexibility index (Phi) is 4.33. The molecule has 1 saturated heterocycles. The van der Waals surface area contributed by atoms with E-state index in [4.69, 9.17) is 0 Å². The number of nitrogens with zero attached hydrogens (tertiary/aromatic N) is 2. The Hall–Kier alpha value is -2.36. The normalized spacial score (nSPS) is 14.9. The van der Waals surface area contributed by atoms with Crippen molar-refractivity contribution in [3.8, 4) is 0 Å². The molecule has 0 radical (unpaired) electrons. The van der Waals surface area contributed by atoms with Gasteiger partial charge in [-0.15, -0.1) is 0 Å². The van der Waals surface area contributed by atoms with E-state index >= 15 is 0 Å². The molecule has 0 aromatic heterocycles. The molecule has 3 rings (SSSR count). The zero-order valence-corrected chi connectivity index (χ0v) is 13.6. The van der Waals surface area contributed by atoms with Crippen LogP contribution in [-0.2, 0) is 0 Å². The van der Waals surface area contributed by atoms with Gasteiger partial charge < -0.3 is 9.80 Å². The topological polar surface area (TPSA) is 23.6 Å². The van der Waals surface area contributed by atoms with Crippen LogP contribution in [0.25, 0.3) is 0 Å². The molecule has 0 unspecified atom stereocenters. The zero-order chi connectivity index (χ0) is 16.4. The van der Waals surface area contributed by atoms with Crippen LogP contribution >= 0.6 is 0 Å². The highest BCUT2D eigenvalue weighted by atomic mass is 19.1. The molecule has 1 heterocycles. The van der Waals surface area contributed by atoms with E-state index in [-0.39, 0.29) is 11.5 Å². The maximum atomic E-state index is 13.8. The quantitative estimate of drug-likeness (QED) is 0.848. The molecule has 0 bridgehead atoms. The lowest BCUT2D eigenvalue weighted by atomic mass is 10.1. The summed E-state index contributed by atoms with van der Waals surface area (Å²) in [6.45, 7) is 6.96. The van der Waals surface area contributed by atoms with Gasteiger partial charge in [0.1, 0.15) is 5.82 Å². The van der Waals surface area contributed by atoms with E-state index in [0.29, 0.717) is 13.1 Å². The summed E-state index contributed by atoms with van der Waals surface area (Å²) < 4.78 is 13.8. The second-order valence-corrected chi connectivity index (χ2v) is 6.03. The van der Waals surface area contributed by atoms with E-state index in [1.165, 1.54) is 22.9 Å². The van der Waals surface area contributed by atoms with Gasteiger partial charge in [0.15, 0.2) is 0 Å². The molecule has 3 nitrogen and oxygen atoms in total. The van der Waals surface area contributed by atoms with Gasteiger partial charge in [-0.05, 0) is 49.2 Å². The first kappa shape index (κ1) is 15.5. The van der Waals surface area contributed by atoms with Crippen molar-refractivity contribution in [1.29, 1.82) is 0 Å².